The van der Waals surface area contributed by atoms with Crippen LogP contribution in [-0.2, 0) is 9.59 Å². The van der Waals surface area contributed by atoms with Gasteiger partial charge >= 0.3 is 0 Å². The summed E-state index contributed by atoms with van der Waals surface area (Å²) >= 11 is 0. The van der Waals surface area contributed by atoms with Crippen molar-refractivity contribution in [2.45, 2.75) is 31.8 Å². The smallest absolute Gasteiger partial charge is 0.240 e. The van der Waals surface area contributed by atoms with Crippen LogP contribution in [0.4, 0.5) is 11.4 Å². The van der Waals surface area contributed by atoms with Crippen LogP contribution < -0.4 is 19.3 Å². The lowest BCUT2D eigenvalue weighted by Gasteiger charge is -2.36. The van der Waals surface area contributed by atoms with Crippen LogP contribution in [0.5, 0.6) is 11.5 Å². The number of imide groups is 1. The van der Waals surface area contributed by atoms with Crippen LogP contribution in [0.15, 0.2) is 78.9 Å². The first kappa shape index (κ1) is 24.9. The van der Waals surface area contributed by atoms with Crippen molar-refractivity contribution >= 4 is 35.0 Å². The van der Waals surface area contributed by atoms with Crippen molar-refractivity contribution in [2.24, 2.45) is 11.8 Å². The second-order valence-electron chi connectivity index (χ2n) is 10.1. The molecule has 3 aliphatic heterocycles. The number of unbranched alkanes of at least 4 members (excludes halogenated alkanes) is 1. The maximum Gasteiger partial charge on any atom is 0.240 e. The molecule has 39 heavy (non-hydrogen) atoms. The summed E-state index contributed by atoms with van der Waals surface area (Å²) < 4.78 is 11.0. The number of carbonyl (C=O) groups is 3. The van der Waals surface area contributed by atoms with E-state index in [0.29, 0.717) is 29.4 Å². The Balaban J connectivity index is 1.38. The first-order valence-corrected chi connectivity index (χ1v) is 13.4. The summed E-state index contributed by atoms with van der Waals surface area (Å²) in [5.41, 5.74) is 2.77. The van der Waals surface area contributed by atoms with Crippen LogP contribution in [0.2, 0.25) is 0 Å². The van der Waals surface area contributed by atoms with Gasteiger partial charge in [0.15, 0.2) is 5.78 Å². The number of fused-ring (bicyclic) bond motifs is 5. The number of nitrogens with zero attached hydrogens (tertiary/aromatic N) is 2. The van der Waals surface area contributed by atoms with E-state index in [2.05, 4.69) is 6.92 Å². The molecule has 4 atom stereocenters. The minimum absolute atomic E-state index is 0.192. The monoisotopic (exact) mass is 522 g/mol. The summed E-state index contributed by atoms with van der Waals surface area (Å²) in [7, 11) is 1.57. The second-order valence-corrected chi connectivity index (χ2v) is 10.1. The topological polar surface area (TPSA) is 76.2 Å². The van der Waals surface area contributed by atoms with Gasteiger partial charge in [-0.05, 0) is 66.6 Å². The van der Waals surface area contributed by atoms with E-state index in [9.17, 15) is 14.4 Å². The summed E-state index contributed by atoms with van der Waals surface area (Å²) in [6.07, 6.45) is 5.93. The molecule has 2 fully saturated rings. The normalized spacial score (nSPS) is 22.9. The van der Waals surface area contributed by atoms with E-state index in [1.807, 2.05) is 41.3 Å². The van der Waals surface area contributed by atoms with Crippen molar-refractivity contribution in [3.8, 4) is 11.5 Å². The Bertz CT molecular complexity index is 1450. The molecule has 3 aromatic carbocycles. The summed E-state index contributed by atoms with van der Waals surface area (Å²) in [6, 6.07) is 20.5. The minimum Gasteiger partial charge on any atom is -0.497 e. The Kier molecular flexibility index (Phi) is 6.43. The summed E-state index contributed by atoms with van der Waals surface area (Å²) in [5, 5.41) is 0. The number of anilines is 2. The predicted molar refractivity (Wildman–Crippen MR) is 149 cm³/mol. The average Bonchev–Trinajstić information content (AvgIpc) is 3.45. The Labute approximate surface area is 227 Å². The molecule has 0 bridgehead atoms. The van der Waals surface area contributed by atoms with E-state index in [1.165, 1.54) is 4.90 Å². The maximum absolute atomic E-state index is 14.1. The molecule has 0 spiro atoms. The molecule has 2 amide bonds. The molecule has 0 aliphatic carbocycles. The number of ether oxygens (including phenoxy) is 2. The van der Waals surface area contributed by atoms with E-state index >= 15 is 0 Å². The fraction of sp³-hybridized carbons (Fsp3) is 0.281. The highest BCUT2D eigenvalue weighted by Crippen LogP contribution is 2.49. The molecule has 0 unspecified atom stereocenters. The predicted octanol–water partition coefficient (Wildman–Crippen LogP) is 5.15. The molecule has 7 nitrogen and oxygen atoms in total. The van der Waals surface area contributed by atoms with Crippen molar-refractivity contribution in [3.05, 3.63) is 90.0 Å². The van der Waals surface area contributed by atoms with Gasteiger partial charge in [0.2, 0.25) is 11.8 Å². The van der Waals surface area contributed by atoms with E-state index in [0.717, 1.165) is 24.1 Å². The van der Waals surface area contributed by atoms with Gasteiger partial charge in [0.25, 0.3) is 0 Å². The average molecular weight is 523 g/mol. The largest absolute Gasteiger partial charge is 0.497 e. The van der Waals surface area contributed by atoms with Crippen molar-refractivity contribution in [3.63, 3.8) is 0 Å². The highest BCUT2D eigenvalue weighted by Gasteiger charge is 2.64. The third-order valence-electron chi connectivity index (χ3n) is 7.92. The molecule has 2 saturated heterocycles. The van der Waals surface area contributed by atoms with E-state index in [4.69, 9.17) is 9.47 Å². The van der Waals surface area contributed by atoms with Gasteiger partial charge in [-0.1, -0.05) is 43.7 Å². The highest BCUT2D eigenvalue weighted by atomic mass is 16.5. The van der Waals surface area contributed by atoms with E-state index in [-0.39, 0.29) is 17.6 Å². The number of hydrogen-bond acceptors (Lipinski definition) is 6. The fourth-order valence-electron chi connectivity index (χ4n) is 6.02. The van der Waals surface area contributed by atoms with Gasteiger partial charge in [0, 0.05) is 11.3 Å². The Morgan fingerprint density at radius 1 is 0.872 bits per heavy atom. The summed E-state index contributed by atoms with van der Waals surface area (Å²) in [4.78, 5) is 45.3. The third kappa shape index (κ3) is 4.09. The highest BCUT2D eigenvalue weighted by molar-refractivity contribution is 6.25. The van der Waals surface area contributed by atoms with Gasteiger partial charge in [-0.25, -0.2) is 4.90 Å². The van der Waals surface area contributed by atoms with Crippen LogP contribution in [0.3, 0.4) is 0 Å². The van der Waals surface area contributed by atoms with Crippen molar-refractivity contribution in [1.29, 1.82) is 0 Å². The zero-order valence-electron chi connectivity index (χ0n) is 21.9. The molecular weight excluding hydrogens is 492 g/mol. The van der Waals surface area contributed by atoms with Crippen molar-refractivity contribution < 1.29 is 23.9 Å². The molecule has 0 N–H and O–H groups in total. The minimum atomic E-state index is -0.822. The van der Waals surface area contributed by atoms with Gasteiger partial charge in [-0.3, -0.25) is 14.4 Å². The van der Waals surface area contributed by atoms with Crippen molar-refractivity contribution in [1.82, 2.24) is 0 Å². The zero-order valence-corrected chi connectivity index (χ0v) is 21.9. The summed E-state index contributed by atoms with van der Waals surface area (Å²) in [6.45, 7) is 2.71. The molecule has 3 heterocycles. The number of carbonyl (C=O) groups excluding carboxylic acids is 3. The van der Waals surface area contributed by atoms with Gasteiger partial charge in [-0.2, -0.15) is 0 Å². The SMILES string of the molecule is CCCCOc1ccc(N2C(=O)[C@@H]3[C@H](C2=O)[C@H]2C=Cc4ccccc4N2[C@@H]3C(=O)c2ccc(OC)cc2)cc1. The van der Waals surface area contributed by atoms with Crippen LogP contribution in [0.25, 0.3) is 6.08 Å². The van der Waals surface area contributed by atoms with Crippen LogP contribution in [0.1, 0.15) is 35.7 Å². The van der Waals surface area contributed by atoms with Crippen LogP contribution >= 0.6 is 0 Å². The summed E-state index contributed by atoms with van der Waals surface area (Å²) in [5.74, 6) is -0.978. The number of methoxy groups -OCH3 is 1. The van der Waals surface area contributed by atoms with Crippen LogP contribution in [-0.4, -0.2) is 43.4 Å². The standard InChI is InChI=1S/C32H30N2O5/c1-3-4-19-39-24-16-12-22(13-17-24)33-31(36)27-26-18-11-20-7-5-6-8-25(20)34(26)29(28(27)32(33)37)30(35)21-9-14-23(38-2)15-10-21/h5-18,26-29H,3-4,19H2,1-2H3/t26-,27-,28-,29+/m1/s1. The maximum atomic E-state index is 14.1. The molecule has 3 aliphatic rings. The van der Waals surface area contributed by atoms with E-state index in [1.54, 1.807) is 55.6 Å². The molecule has 0 aromatic heterocycles. The first-order valence-electron chi connectivity index (χ1n) is 13.4. The fourth-order valence-corrected chi connectivity index (χ4v) is 6.02. The number of Topliss-reactive ketones (excluding diaryl/α,β-unsaturated/α-hetero) is 1. The van der Waals surface area contributed by atoms with Crippen LogP contribution in [0, 0.1) is 11.8 Å². The van der Waals surface area contributed by atoms with Gasteiger partial charge < -0.3 is 14.4 Å². The molecular formula is C32H30N2O5. The van der Waals surface area contributed by atoms with Gasteiger partial charge in [0.1, 0.15) is 17.5 Å². The lowest BCUT2D eigenvalue weighted by atomic mass is 9.86. The lowest BCUT2D eigenvalue weighted by molar-refractivity contribution is -0.122. The molecule has 0 radical (unpaired) electrons. The number of ketones is 1. The Hall–Kier alpha value is -4.39. The molecule has 3 aromatic rings. The molecule has 198 valence electrons. The lowest BCUT2D eigenvalue weighted by Crippen LogP contribution is -2.48. The number of rotatable bonds is 8. The number of amides is 2. The zero-order chi connectivity index (χ0) is 27.1. The second kappa shape index (κ2) is 10.1. The van der Waals surface area contributed by atoms with Gasteiger partial charge in [0.05, 0.1) is 37.3 Å². The Morgan fingerprint density at radius 3 is 2.28 bits per heavy atom. The molecule has 6 rings (SSSR count). The molecule has 7 heteroatoms. The first-order chi connectivity index (χ1) is 19.0. The Morgan fingerprint density at radius 2 is 1.56 bits per heavy atom. The number of para-hydroxylation sites is 1. The number of benzene rings is 3. The quantitative estimate of drug-likeness (QED) is 0.232. The number of hydrogen-bond donors (Lipinski definition) is 0. The third-order valence-corrected chi connectivity index (χ3v) is 7.92. The van der Waals surface area contributed by atoms with E-state index < -0.39 is 23.9 Å². The van der Waals surface area contributed by atoms with Gasteiger partial charge in [-0.15, -0.1) is 0 Å². The molecule has 0 saturated carbocycles. The van der Waals surface area contributed by atoms with Crippen molar-refractivity contribution in [2.75, 3.05) is 23.5 Å².